The van der Waals surface area contributed by atoms with Gasteiger partial charge in [-0.2, -0.15) is 4.39 Å². The van der Waals surface area contributed by atoms with E-state index in [1.54, 1.807) is 13.8 Å². The highest BCUT2D eigenvalue weighted by atomic mass is 79.9. The van der Waals surface area contributed by atoms with Gasteiger partial charge in [-0.1, -0.05) is 15.9 Å². The van der Waals surface area contributed by atoms with Crippen LogP contribution >= 0.6 is 15.9 Å². The molecule has 0 aliphatic rings. The third kappa shape index (κ3) is 2.64. The SMILES string of the molecule is Cc1ncc(Oc2cc(Br)cc(F)c2F)nc1C. The van der Waals surface area contributed by atoms with Gasteiger partial charge in [0.05, 0.1) is 17.6 Å². The van der Waals surface area contributed by atoms with E-state index in [0.717, 1.165) is 11.8 Å². The Balaban J connectivity index is 2.36. The van der Waals surface area contributed by atoms with E-state index in [-0.39, 0.29) is 11.6 Å². The van der Waals surface area contributed by atoms with Crippen LogP contribution in [0.15, 0.2) is 22.8 Å². The van der Waals surface area contributed by atoms with E-state index in [1.165, 1.54) is 12.3 Å². The van der Waals surface area contributed by atoms with Gasteiger partial charge in [-0.05, 0) is 26.0 Å². The number of hydrogen-bond acceptors (Lipinski definition) is 3. The molecule has 1 heterocycles. The molecule has 0 fully saturated rings. The van der Waals surface area contributed by atoms with Crippen LogP contribution in [0.2, 0.25) is 0 Å². The Kier molecular flexibility index (Phi) is 3.56. The first-order chi connectivity index (χ1) is 8.47. The number of rotatable bonds is 2. The van der Waals surface area contributed by atoms with Crippen LogP contribution in [0.3, 0.4) is 0 Å². The van der Waals surface area contributed by atoms with Crippen LogP contribution in [0.5, 0.6) is 11.6 Å². The van der Waals surface area contributed by atoms with Crippen molar-refractivity contribution < 1.29 is 13.5 Å². The van der Waals surface area contributed by atoms with Crippen molar-refractivity contribution in [2.75, 3.05) is 0 Å². The Morgan fingerprint density at radius 1 is 1.17 bits per heavy atom. The lowest BCUT2D eigenvalue weighted by Crippen LogP contribution is -1.97. The zero-order valence-corrected chi connectivity index (χ0v) is 11.3. The molecule has 18 heavy (non-hydrogen) atoms. The third-order valence-corrected chi connectivity index (χ3v) is 2.80. The van der Waals surface area contributed by atoms with Crippen molar-refractivity contribution >= 4 is 15.9 Å². The van der Waals surface area contributed by atoms with Crippen LogP contribution in [-0.2, 0) is 0 Å². The van der Waals surface area contributed by atoms with Gasteiger partial charge in [0.25, 0.3) is 0 Å². The molecule has 94 valence electrons. The van der Waals surface area contributed by atoms with Crippen LogP contribution in [-0.4, -0.2) is 9.97 Å². The van der Waals surface area contributed by atoms with Crippen molar-refractivity contribution in [2.45, 2.75) is 13.8 Å². The topological polar surface area (TPSA) is 35.0 Å². The van der Waals surface area contributed by atoms with E-state index in [4.69, 9.17) is 4.74 Å². The fourth-order valence-electron chi connectivity index (χ4n) is 1.29. The molecule has 1 aromatic heterocycles. The van der Waals surface area contributed by atoms with Gasteiger partial charge in [0.2, 0.25) is 11.7 Å². The van der Waals surface area contributed by atoms with Gasteiger partial charge in [-0.3, -0.25) is 4.98 Å². The number of halogens is 3. The van der Waals surface area contributed by atoms with E-state index in [9.17, 15) is 8.78 Å². The quantitative estimate of drug-likeness (QED) is 0.788. The van der Waals surface area contributed by atoms with Crippen LogP contribution < -0.4 is 4.74 Å². The summed E-state index contributed by atoms with van der Waals surface area (Å²) in [5, 5.41) is 0. The van der Waals surface area contributed by atoms with E-state index in [2.05, 4.69) is 25.9 Å². The van der Waals surface area contributed by atoms with Gasteiger partial charge in [-0.25, -0.2) is 9.37 Å². The molecule has 0 atom stereocenters. The van der Waals surface area contributed by atoms with Crippen molar-refractivity contribution in [3.8, 4) is 11.6 Å². The van der Waals surface area contributed by atoms with Gasteiger partial charge >= 0.3 is 0 Å². The monoisotopic (exact) mass is 314 g/mol. The minimum Gasteiger partial charge on any atom is -0.434 e. The summed E-state index contributed by atoms with van der Waals surface area (Å²) in [5.74, 6) is -2.16. The van der Waals surface area contributed by atoms with Crippen LogP contribution in [0, 0.1) is 25.5 Å². The van der Waals surface area contributed by atoms with E-state index in [1.807, 2.05) is 0 Å². The number of aromatic nitrogens is 2. The van der Waals surface area contributed by atoms with Crippen molar-refractivity contribution in [1.29, 1.82) is 0 Å². The predicted octanol–water partition coefficient (Wildman–Crippen LogP) is 3.93. The molecule has 0 radical (unpaired) electrons. The maximum Gasteiger partial charge on any atom is 0.238 e. The molecule has 2 aromatic rings. The Hall–Kier alpha value is -1.56. The second kappa shape index (κ2) is 4.97. The first kappa shape index (κ1) is 12.9. The number of nitrogens with zero attached hydrogens (tertiary/aromatic N) is 2. The summed E-state index contributed by atoms with van der Waals surface area (Å²) in [4.78, 5) is 8.11. The number of aryl methyl sites for hydroxylation is 2. The predicted molar refractivity (Wildman–Crippen MR) is 65.6 cm³/mol. The largest absolute Gasteiger partial charge is 0.434 e. The third-order valence-electron chi connectivity index (χ3n) is 2.34. The maximum absolute atomic E-state index is 13.5. The zero-order chi connectivity index (χ0) is 13.3. The summed E-state index contributed by atoms with van der Waals surface area (Å²) >= 11 is 3.06. The van der Waals surface area contributed by atoms with Gasteiger partial charge in [0.1, 0.15) is 0 Å². The Morgan fingerprint density at radius 2 is 1.89 bits per heavy atom. The fraction of sp³-hybridized carbons (Fsp3) is 0.167. The van der Waals surface area contributed by atoms with Crippen molar-refractivity contribution in [2.24, 2.45) is 0 Å². The molecule has 0 bridgehead atoms. The summed E-state index contributed by atoms with van der Waals surface area (Å²) in [5.41, 5.74) is 1.42. The molecule has 0 spiro atoms. The van der Waals surface area contributed by atoms with E-state index < -0.39 is 11.6 Å². The van der Waals surface area contributed by atoms with Crippen LogP contribution in [0.4, 0.5) is 8.78 Å². The molecule has 1 aromatic carbocycles. The first-order valence-corrected chi connectivity index (χ1v) is 5.89. The summed E-state index contributed by atoms with van der Waals surface area (Å²) < 4.78 is 32.2. The summed E-state index contributed by atoms with van der Waals surface area (Å²) in [6.45, 7) is 3.55. The number of hydrogen-bond donors (Lipinski definition) is 0. The van der Waals surface area contributed by atoms with Gasteiger partial charge in [-0.15, -0.1) is 0 Å². The highest BCUT2D eigenvalue weighted by Gasteiger charge is 2.13. The number of benzene rings is 1. The normalized spacial score (nSPS) is 10.5. The Bertz CT molecular complexity index is 605. The molecule has 6 heteroatoms. The molecule has 0 N–H and O–H groups in total. The molecule has 0 aliphatic heterocycles. The van der Waals surface area contributed by atoms with Crippen molar-refractivity contribution in [1.82, 2.24) is 9.97 Å². The van der Waals surface area contributed by atoms with E-state index in [0.29, 0.717) is 10.2 Å². The highest BCUT2D eigenvalue weighted by molar-refractivity contribution is 9.10. The minimum atomic E-state index is -1.06. The molecule has 2 rings (SSSR count). The minimum absolute atomic E-state index is 0.120. The summed E-state index contributed by atoms with van der Waals surface area (Å²) in [7, 11) is 0. The van der Waals surface area contributed by atoms with Crippen molar-refractivity contribution in [3.05, 3.63) is 45.8 Å². The first-order valence-electron chi connectivity index (χ1n) is 5.10. The average molecular weight is 315 g/mol. The molecule has 0 unspecified atom stereocenters. The lowest BCUT2D eigenvalue weighted by molar-refractivity contribution is 0.402. The van der Waals surface area contributed by atoms with Gasteiger partial charge in [0.15, 0.2) is 11.6 Å². The number of ether oxygens (including phenoxy) is 1. The standard InChI is InChI=1S/C12H9BrF2N2O/c1-6-7(2)17-11(5-16-6)18-10-4-8(13)3-9(14)12(10)15/h3-5H,1-2H3. The lowest BCUT2D eigenvalue weighted by Gasteiger charge is -2.08. The molecule has 0 saturated carbocycles. The molecular weight excluding hydrogens is 306 g/mol. The lowest BCUT2D eigenvalue weighted by atomic mass is 10.3. The maximum atomic E-state index is 13.5. The Morgan fingerprint density at radius 3 is 2.56 bits per heavy atom. The van der Waals surface area contributed by atoms with Crippen LogP contribution in [0.25, 0.3) is 0 Å². The van der Waals surface area contributed by atoms with Crippen LogP contribution in [0.1, 0.15) is 11.4 Å². The molecule has 0 aliphatic carbocycles. The van der Waals surface area contributed by atoms with E-state index >= 15 is 0 Å². The summed E-state index contributed by atoms with van der Waals surface area (Å²) in [6, 6.07) is 2.35. The highest BCUT2D eigenvalue weighted by Crippen LogP contribution is 2.28. The second-order valence-corrected chi connectivity index (χ2v) is 4.60. The second-order valence-electron chi connectivity index (χ2n) is 3.68. The van der Waals surface area contributed by atoms with Crippen molar-refractivity contribution in [3.63, 3.8) is 0 Å². The zero-order valence-electron chi connectivity index (χ0n) is 9.67. The molecule has 3 nitrogen and oxygen atoms in total. The average Bonchev–Trinajstić information content (AvgIpc) is 2.30. The molecule has 0 amide bonds. The smallest absolute Gasteiger partial charge is 0.238 e. The molecule has 0 saturated heterocycles. The molecular formula is C12H9BrF2N2O. The summed E-state index contributed by atoms with van der Waals surface area (Å²) in [6.07, 6.45) is 1.36. The Labute approximate surface area is 111 Å². The van der Waals surface area contributed by atoms with Gasteiger partial charge < -0.3 is 4.74 Å². The van der Waals surface area contributed by atoms with Gasteiger partial charge in [0, 0.05) is 4.47 Å². The fourth-order valence-corrected chi connectivity index (χ4v) is 1.70.